The normalized spacial score (nSPS) is 10.5. The number of hydrogen-bond donors (Lipinski definition) is 1. The molecule has 3 aromatic rings. The molecule has 4 nitrogen and oxygen atoms in total. The first-order valence-electron chi connectivity index (χ1n) is 7.16. The number of anilines is 1. The van der Waals surface area contributed by atoms with E-state index in [4.69, 9.17) is 16.3 Å². The van der Waals surface area contributed by atoms with E-state index in [1.807, 2.05) is 37.3 Å². The highest BCUT2D eigenvalue weighted by molar-refractivity contribution is 6.30. The summed E-state index contributed by atoms with van der Waals surface area (Å²) in [7, 11) is 0. The molecule has 0 aliphatic rings. The number of fused-ring (bicyclic) bond motifs is 1. The summed E-state index contributed by atoms with van der Waals surface area (Å²) < 4.78 is 5.50. The van der Waals surface area contributed by atoms with Crippen molar-refractivity contribution >= 4 is 34.1 Å². The van der Waals surface area contributed by atoms with E-state index in [0.717, 1.165) is 16.5 Å². The zero-order chi connectivity index (χ0) is 16.2. The van der Waals surface area contributed by atoms with Gasteiger partial charge >= 0.3 is 0 Å². The molecule has 0 fully saturated rings. The number of amides is 1. The van der Waals surface area contributed by atoms with Gasteiger partial charge in [0.2, 0.25) is 5.88 Å². The van der Waals surface area contributed by atoms with Gasteiger partial charge in [0.05, 0.1) is 5.52 Å². The number of para-hydroxylation sites is 1. The molecule has 0 aliphatic heterocycles. The van der Waals surface area contributed by atoms with Crippen molar-refractivity contribution in [2.24, 2.45) is 0 Å². The minimum Gasteiger partial charge on any atom is -0.468 e. The summed E-state index contributed by atoms with van der Waals surface area (Å²) in [4.78, 5) is 16.3. The average molecular weight is 327 g/mol. The summed E-state index contributed by atoms with van der Waals surface area (Å²) in [5.74, 6) is 0.187. The molecule has 0 saturated heterocycles. The summed E-state index contributed by atoms with van der Waals surface area (Å²) in [6, 6.07) is 16.5. The van der Waals surface area contributed by atoms with Crippen LogP contribution in [0.5, 0.6) is 5.88 Å². The van der Waals surface area contributed by atoms with Crippen LogP contribution in [0.1, 0.15) is 5.56 Å². The lowest BCUT2D eigenvalue weighted by molar-refractivity contribution is -0.118. The van der Waals surface area contributed by atoms with Crippen molar-refractivity contribution in [3.63, 3.8) is 0 Å². The topological polar surface area (TPSA) is 51.2 Å². The van der Waals surface area contributed by atoms with Crippen molar-refractivity contribution in [2.45, 2.75) is 6.92 Å². The van der Waals surface area contributed by atoms with Gasteiger partial charge in [-0.3, -0.25) is 4.79 Å². The van der Waals surface area contributed by atoms with Gasteiger partial charge in [0.25, 0.3) is 5.91 Å². The monoisotopic (exact) mass is 326 g/mol. The van der Waals surface area contributed by atoms with Gasteiger partial charge in [-0.05, 0) is 42.8 Å². The molecule has 23 heavy (non-hydrogen) atoms. The number of halogens is 1. The molecule has 1 amide bonds. The van der Waals surface area contributed by atoms with Crippen molar-refractivity contribution in [1.29, 1.82) is 0 Å². The molecule has 0 saturated carbocycles. The number of pyridine rings is 1. The van der Waals surface area contributed by atoms with Gasteiger partial charge in [-0.25, -0.2) is 4.98 Å². The fraction of sp³-hybridized carbons (Fsp3) is 0.111. The zero-order valence-electron chi connectivity index (χ0n) is 12.5. The minimum absolute atomic E-state index is 0.104. The third-order valence-electron chi connectivity index (χ3n) is 3.38. The number of ether oxygens (including phenoxy) is 1. The van der Waals surface area contributed by atoms with Crippen LogP contribution < -0.4 is 10.1 Å². The molecule has 1 N–H and O–H groups in total. The highest BCUT2D eigenvalue weighted by Crippen LogP contribution is 2.21. The maximum Gasteiger partial charge on any atom is 0.262 e. The SMILES string of the molecule is Cc1cc(OCC(=O)Nc2ccc(Cl)cc2)nc2ccccc12. The standard InChI is InChI=1S/C18H15ClN2O2/c1-12-10-18(21-16-5-3-2-4-15(12)16)23-11-17(22)20-14-8-6-13(19)7-9-14/h2-10H,11H2,1H3,(H,20,22). The van der Waals surface area contributed by atoms with Crippen LogP contribution in [0.2, 0.25) is 5.02 Å². The molecule has 116 valence electrons. The van der Waals surface area contributed by atoms with Gasteiger partial charge in [0.15, 0.2) is 6.61 Å². The first-order valence-corrected chi connectivity index (χ1v) is 7.54. The van der Waals surface area contributed by atoms with Crippen LogP contribution in [0.25, 0.3) is 10.9 Å². The first kappa shape index (κ1) is 15.3. The predicted molar refractivity (Wildman–Crippen MR) is 92.1 cm³/mol. The van der Waals surface area contributed by atoms with Crippen LogP contribution >= 0.6 is 11.6 Å². The zero-order valence-corrected chi connectivity index (χ0v) is 13.3. The first-order chi connectivity index (χ1) is 11.1. The summed E-state index contributed by atoms with van der Waals surface area (Å²) in [5.41, 5.74) is 2.58. The van der Waals surface area contributed by atoms with Crippen LogP contribution in [-0.4, -0.2) is 17.5 Å². The molecule has 0 atom stereocenters. The number of rotatable bonds is 4. The summed E-state index contributed by atoms with van der Waals surface area (Å²) >= 11 is 5.81. The van der Waals surface area contributed by atoms with Gasteiger partial charge in [-0.1, -0.05) is 29.8 Å². The van der Waals surface area contributed by atoms with E-state index in [1.54, 1.807) is 24.3 Å². The van der Waals surface area contributed by atoms with Crippen LogP contribution in [-0.2, 0) is 4.79 Å². The fourth-order valence-electron chi connectivity index (χ4n) is 2.26. The maximum absolute atomic E-state index is 11.9. The van der Waals surface area contributed by atoms with E-state index in [1.165, 1.54) is 0 Å². The number of aryl methyl sites for hydroxylation is 1. The molecule has 1 aromatic heterocycles. The molecule has 1 heterocycles. The molecule has 0 unspecified atom stereocenters. The number of carbonyl (C=O) groups excluding carboxylic acids is 1. The number of carbonyl (C=O) groups is 1. The lowest BCUT2D eigenvalue weighted by atomic mass is 10.1. The third-order valence-corrected chi connectivity index (χ3v) is 3.63. The number of benzene rings is 2. The Morgan fingerprint density at radius 3 is 2.70 bits per heavy atom. The van der Waals surface area contributed by atoms with E-state index < -0.39 is 0 Å². The van der Waals surface area contributed by atoms with Crippen LogP contribution in [0.3, 0.4) is 0 Å². The number of nitrogens with zero attached hydrogens (tertiary/aromatic N) is 1. The van der Waals surface area contributed by atoms with Gasteiger partial charge in [0, 0.05) is 22.2 Å². The highest BCUT2D eigenvalue weighted by Gasteiger charge is 2.07. The quantitative estimate of drug-likeness (QED) is 0.781. The van der Waals surface area contributed by atoms with E-state index in [-0.39, 0.29) is 12.5 Å². The molecular weight excluding hydrogens is 312 g/mol. The second-order valence-corrected chi connectivity index (χ2v) is 5.57. The molecule has 5 heteroatoms. The Hall–Kier alpha value is -2.59. The molecule has 2 aromatic carbocycles. The Kier molecular flexibility index (Phi) is 4.44. The van der Waals surface area contributed by atoms with E-state index in [2.05, 4.69) is 10.3 Å². The molecular formula is C18H15ClN2O2. The van der Waals surface area contributed by atoms with Crippen molar-refractivity contribution in [2.75, 3.05) is 11.9 Å². The second kappa shape index (κ2) is 6.67. The Morgan fingerprint density at radius 1 is 1.17 bits per heavy atom. The van der Waals surface area contributed by atoms with Crippen LogP contribution in [0, 0.1) is 6.92 Å². The predicted octanol–water partition coefficient (Wildman–Crippen LogP) is 4.21. The molecule has 0 radical (unpaired) electrons. The van der Waals surface area contributed by atoms with E-state index in [9.17, 15) is 4.79 Å². The van der Waals surface area contributed by atoms with Gasteiger partial charge in [-0.15, -0.1) is 0 Å². The Labute approximate surface area is 139 Å². The second-order valence-electron chi connectivity index (χ2n) is 5.14. The van der Waals surface area contributed by atoms with Crippen LogP contribution in [0.4, 0.5) is 5.69 Å². The van der Waals surface area contributed by atoms with Gasteiger partial charge < -0.3 is 10.1 Å². The smallest absolute Gasteiger partial charge is 0.262 e. The largest absolute Gasteiger partial charge is 0.468 e. The summed E-state index contributed by atoms with van der Waals surface area (Å²) in [6.07, 6.45) is 0. The summed E-state index contributed by atoms with van der Waals surface area (Å²) in [5, 5.41) is 4.44. The lowest BCUT2D eigenvalue weighted by Gasteiger charge is -2.09. The Balaban J connectivity index is 1.66. The Morgan fingerprint density at radius 2 is 1.91 bits per heavy atom. The third kappa shape index (κ3) is 3.79. The minimum atomic E-state index is -0.250. The van der Waals surface area contributed by atoms with Crippen molar-refractivity contribution in [3.8, 4) is 5.88 Å². The highest BCUT2D eigenvalue weighted by atomic mass is 35.5. The van der Waals surface area contributed by atoms with Crippen molar-refractivity contribution < 1.29 is 9.53 Å². The van der Waals surface area contributed by atoms with Crippen molar-refractivity contribution in [3.05, 3.63) is 65.2 Å². The Bertz CT molecular complexity index is 847. The van der Waals surface area contributed by atoms with Crippen LogP contribution in [0.15, 0.2) is 54.6 Å². The van der Waals surface area contributed by atoms with Gasteiger partial charge in [-0.2, -0.15) is 0 Å². The molecule has 0 bridgehead atoms. The molecule has 3 rings (SSSR count). The van der Waals surface area contributed by atoms with E-state index in [0.29, 0.717) is 16.6 Å². The lowest BCUT2D eigenvalue weighted by Crippen LogP contribution is -2.20. The maximum atomic E-state index is 11.9. The summed E-state index contributed by atoms with van der Waals surface area (Å²) in [6.45, 7) is 1.89. The molecule has 0 spiro atoms. The fourth-order valence-corrected chi connectivity index (χ4v) is 2.39. The van der Waals surface area contributed by atoms with E-state index >= 15 is 0 Å². The van der Waals surface area contributed by atoms with Crippen molar-refractivity contribution in [1.82, 2.24) is 4.98 Å². The van der Waals surface area contributed by atoms with Gasteiger partial charge in [0.1, 0.15) is 0 Å². The number of nitrogens with one attached hydrogen (secondary N) is 1. The average Bonchev–Trinajstić information content (AvgIpc) is 2.55. The number of aromatic nitrogens is 1. The molecule has 0 aliphatic carbocycles. The number of hydrogen-bond acceptors (Lipinski definition) is 3.